The Morgan fingerprint density at radius 3 is 2.77 bits per heavy atom. The number of hydrogen-bond donors (Lipinski definition) is 2. The third-order valence-electron chi connectivity index (χ3n) is 2.91. The Balaban J connectivity index is 2.09. The molecule has 1 aromatic carbocycles. The van der Waals surface area contributed by atoms with Crippen LogP contribution in [0.2, 0.25) is 10.0 Å². The lowest BCUT2D eigenvalue weighted by Crippen LogP contribution is -2.25. The van der Waals surface area contributed by atoms with Gasteiger partial charge in [0.2, 0.25) is 0 Å². The van der Waals surface area contributed by atoms with E-state index in [4.69, 9.17) is 23.2 Å². The average molecular weight is 339 g/mol. The number of anilines is 2. The molecule has 5 nitrogen and oxygen atoms in total. The molecule has 0 aliphatic heterocycles. The largest absolute Gasteiger partial charge is 0.351 e. The number of carbonyl (C=O) groups excluding carboxylic acids is 1. The van der Waals surface area contributed by atoms with Gasteiger partial charge >= 0.3 is 0 Å². The van der Waals surface area contributed by atoms with Crippen molar-refractivity contribution < 1.29 is 4.79 Å². The highest BCUT2D eigenvalue weighted by Crippen LogP contribution is 2.27. The van der Waals surface area contributed by atoms with Gasteiger partial charge in [-0.1, -0.05) is 36.5 Å². The van der Waals surface area contributed by atoms with Crippen molar-refractivity contribution in [2.24, 2.45) is 0 Å². The predicted molar refractivity (Wildman–Crippen MR) is 89.0 cm³/mol. The summed E-state index contributed by atoms with van der Waals surface area (Å²) >= 11 is 12.0. The van der Waals surface area contributed by atoms with E-state index in [1.165, 1.54) is 6.33 Å². The fourth-order valence-electron chi connectivity index (χ4n) is 1.75. The molecule has 0 aliphatic rings. The van der Waals surface area contributed by atoms with Crippen LogP contribution in [-0.2, 0) is 0 Å². The molecule has 0 radical (unpaired) electrons. The van der Waals surface area contributed by atoms with Crippen molar-refractivity contribution in [2.45, 2.75) is 19.8 Å². The molecule has 0 saturated carbocycles. The molecule has 1 heterocycles. The Hall–Kier alpha value is -1.85. The first-order valence-electron chi connectivity index (χ1n) is 6.92. The average Bonchev–Trinajstić information content (AvgIpc) is 2.50. The van der Waals surface area contributed by atoms with Crippen LogP contribution in [0, 0.1) is 0 Å². The fraction of sp³-hybridized carbons (Fsp3) is 0.267. The van der Waals surface area contributed by atoms with Gasteiger partial charge in [0.05, 0.1) is 10.7 Å². The minimum absolute atomic E-state index is 0.221. The van der Waals surface area contributed by atoms with E-state index in [1.54, 1.807) is 24.3 Å². The van der Waals surface area contributed by atoms with Gasteiger partial charge in [-0.25, -0.2) is 9.97 Å². The normalized spacial score (nSPS) is 10.3. The van der Waals surface area contributed by atoms with Crippen LogP contribution >= 0.6 is 23.2 Å². The van der Waals surface area contributed by atoms with Crippen molar-refractivity contribution >= 4 is 40.6 Å². The second kappa shape index (κ2) is 7.96. The Bertz CT molecular complexity index is 664. The molecule has 2 N–H and O–H groups in total. The van der Waals surface area contributed by atoms with Gasteiger partial charge in [-0.3, -0.25) is 4.79 Å². The zero-order valence-electron chi connectivity index (χ0n) is 12.1. The molecule has 0 aliphatic carbocycles. The maximum absolute atomic E-state index is 12.0. The summed E-state index contributed by atoms with van der Waals surface area (Å²) < 4.78 is 0. The van der Waals surface area contributed by atoms with E-state index in [0.29, 0.717) is 33.8 Å². The number of benzene rings is 1. The van der Waals surface area contributed by atoms with Gasteiger partial charge in [0.1, 0.15) is 17.8 Å². The number of nitrogens with one attached hydrogen (secondary N) is 2. The molecule has 0 unspecified atom stereocenters. The number of carbonyl (C=O) groups is 1. The van der Waals surface area contributed by atoms with E-state index in [-0.39, 0.29) is 5.91 Å². The summed E-state index contributed by atoms with van der Waals surface area (Å²) in [7, 11) is 0. The van der Waals surface area contributed by atoms with E-state index in [0.717, 1.165) is 12.8 Å². The SMILES string of the molecule is CCCCNC(=O)c1cc(Nc2ccc(Cl)cc2Cl)ncn1. The molecule has 1 aromatic heterocycles. The first kappa shape index (κ1) is 16.5. The summed E-state index contributed by atoms with van der Waals surface area (Å²) in [6, 6.07) is 6.67. The fourth-order valence-corrected chi connectivity index (χ4v) is 2.20. The number of aromatic nitrogens is 2. The summed E-state index contributed by atoms with van der Waals surface area (Å²) in [5.41, 5.74) is 0.959. The Morgan fingerprint density at radius 2 is 2.05 bits per heavy atom. The molecule has 22 heavy (non-hydrogen) atoms. The molecule has 0 fully saturated rings. The van der Waals surface area contributed by atoms with Crippen LogP contribution in [0.1, 0.15) is 30.3 Å². The van der Waals surface area contributed by atoms with Crippen LogP contribution < -0.4 is 10.6 Å². The van der Waals surface area contributed by atoms with E-state index >= 15 is 0 Å². The standard InChI is InChI=1S/C15H16Cl2N4O/c1-2-3-6-18-15(22)13-8-14(20-9-19-13)21-12-5-4-10(16)7-11(12)17/h4-5,7-9H,2-3,6H2,1H3,(H,18,22)(H,19,20,21). The summed E-state index contributed by atoms with van der Waals surface area (Å²) in [6.45, 7) is 2.69. The van der Waals surface area contributed by atoms with Crippen molar-refractivity contribution in [2.75, 3.05) is 11.9 Å². The highest BCUT2D eigenvalue weighted by molar-refractivity contribution is 6.36. The minimum Gasteiger partial charge on any atom is -0.351 e. The second-order valence-corrected chi connectivity index (χ2v) is 5.49. The molecule has 116 valence electrons. The van der Waals surface area contributed by atoms with Crippen molar-refractivity contribution in [1.29, 1.82) is 0 Å². The van der Waals surface area contributed by atoms with Gasteiger partial charge < -0.3 is 10.6 Å². The monoisotopic (exact) mass is 338 g/mol. The number of unbranched alkanes of at least 4 members (excludes halogenated alkanes) is 1. The third kappa shape index (κ3) is 4.58. The number of rotatable bonds is 6. The number of halogens is 2. The molecule has 7 heteroatoms. The topological polar surface area (TPSA) is 66.9 Å². The van der Waals surface area contributed by atoms with Gasteiger partial charge in [-0.2, -0.15) is 0 Å². The van der Waals surface area contributed by atoms with Crippen LogP contribution in [0.15, 0.2) is 30.6 Å². The summed E-state index contributed by atoms with van der Waals surface area (Å²) in [5, 5.41) is 6.87. The Morgan fingerprint density at radius 1 is 1.23 bits per heavy atom. The number of hydrogen-bond acceptors (Lipinski definition) is 4. The van der Waals surface area contributed by atoms with Crippen LogP contribution in [0.25, 0.3) is 0 Å². The van der Waals surface area contributed by atoms with Crippen molar-refractivity contribution in [3.05, 3.63) is 46.3 Å². The lowest BCUT2D eigenvalue weighted by Gasteiger charge is -2.09. The van der Waals surface area contributed by atoms with Crippen LogP contribution in [0.4, 0.5) is 11.5 Å². The van der Waals surface area contributed by atoms with Gasteiger partial charge in [0.15, 0.2) is 0 Å². The molecule has 0 atom stereocenters. The van der Waals surface area contributed by atoms with Crippen LogP contribution in [-0.4, -0.2) is 22.4 Å². The maximum atomic E-state index is 12.0. The molecule has 0 spiro atoms. The van der Waals surface area contributed by atoms with Gasteiger partial charge in [-0.15, -0.1) is 0 Å². The number of amides is 1. The van der Waals surface area contributed by atoms with E-state index in [9.17, 15) is 4.79 Å². The Kier molecular flexibility index (Phi) is 5.98. The molecule has 2 aromatic rings. The van der Waals surface area contributed by atoms with Crippen LogP contribution in [0.3, 0.4) is 0 Å². The van der Waals surface area contributed by atoms with Gasteiger partial charge in [0.25, 0.3) is 5.91 Å². The van der Waals surface area contributed by atoms with Crippen molar-refractivity contribution in [3.63, 3.8) is 0 Å². The maximum Gasteiger partial charge on any atom is 0.270 e. The van der Waals surface area contributed by atoms with E-state index in [2.05, 4.69) is 27.5 Å². The quantitative estimate of drug-likeness (QED) is 0.779. The van der Waals surface area contributed by atoms with Crippen LogP contribution in [0.5, 0.6) is 0 Å². The lowest BCUT2D eigenvalue weighted by molar-refractivity contribution is 0.0948. The highest BCUT2D eigenvalue weighted by atomic mass is 35.5. The molecule has 0 saturated heterocycles. The molecule has 0 bridgehead atoms. The zero-order valence-corrected chi connectivity index (χ0v) is 13.6. The second-order valence-electron chi connectivity index (χ2n) is 4.65. The summed E-state index contributed by atoms with van der Waals surface area (Å²) in [4.78, 5) is 20.0. The lowest BCUT2D eigenvalue weighted by atomic mass is 10.3. The minimum atomic E-state index is -0.221. The highest BCUT2D eigenvalue weighted by Gasteiger charge is 2.09. The first-order valence-corrected chi connectivity index (χ1v) is 7.68. The molecular weight excluding hydrogens is 323 g/mol. The van der Waals surface area contributed by atoms with E-state index < -0.39 is 0 Å². The third-order valence-corrected chi connectivity index (χ3v) is 3.46. The smallest absolute Gasteiger partial charge is 0.270 e. The molecule has 2 rings (SSSR count). The summed E-state index contributed by atoms with van der Waals surface area (Å²) in [6.07, 6.45) is 3.29. The van der Waals surface area contributed by atoms with Crippen molar-refractivity contribution in [3.8, 4) is 0 Å². The van der Waals surface area contributed by atoms with E-state index in [1.807, 2.05) is 0 Å². The Labute approximate surface area is 139 Å². The zero-order chi connectivity index (χ0) is 15.9. The molecule has 1 amide bonds. The van der Waals surface area contributed by atoms with Gasteiger partial charge in [-0.05, 0) is 24.6 Å². The first-order chi connectivity index (χ1) is 10.6. The van der Waals surface area contributed by atoms with Gasteiger partial charge in [0, 0.05) is 17.6 Å². The predicted octanol–water partition coefficient (Wildman–Crippen LogP) is 4.06. The van der Waals surface area contributed by atoms with Crippen molar-refractivity contribution in [1.82, 2.24) is 15.3 Å². The molecular formula is C15H16Cl2N4O. The number of nitrogens with zero attached hydrogens (tertiary/aromatic N) is 2. The summed E-state index contributed by atoms with van der Waals surface area (Å²) in [5.74, 6) is 0.265.